The summed E-state index contributed by atoms with van der Waals surface area (Å²) >= 11 is 0. The van der Waals surface area contributed by atoms with Gasteiger partial charge in [0.25, 0.3) is 0 Å². The molecule has 2 N–H and O–H groups in total. The van der Waals surface area contributed by atoms with Gasteiger partial charge in [0.15, 0.2) is 5.75 Å². The first-order valence-corrected chi connectivity index (χ1v) is 6.69. The maximum absolute atomic E-state index is 5.28. The van der Waals surface area contributed by atoms with E-state index in [4.69, 9.17) is 10.7 Å². The van der Waals surface area contributed by atoms with Crippen LogP contribution < -0.4 is 10.7 Å². The van der Waals surface area contributed by atoms with Gasteiger partial charge in [-0.05, 0) is 23.3 Å². The SMILES string of the molecule is CC.NOc1ccnc2ccc(-c3ccccc3)cc12. The Hall–Kier alpha value is -2.39. The Bertz CT molecular complexity index is 681. The molecule has 0 saturated heterocycles. The lowest BCUT2D eigenvalue weighted by Crippen LogP contribution is -2.02. The van der Waals surface area contributed by atoms with Crippen molar-refractivity contribution in [3.63, 3.8) is 0 Å². The molecule has 3 rings (SSSR count). The largest absolute Gasteiger partial charge is 0.411 e. The van der Waals surface area contributed by atoms with E-state index in [0.717, 1.165) is 22.0 Å². The Morgan fingerprint density at radius 2 is 1.65 bits per heavy atom. The van der Waals surface area contributed by atoms with E-state index in [-0.39, 0.29) is 0 Å². The molecule has 3 heteroatoms. The van der Waals surface area contributed by atoms with Crippen molar-refractivity contribution in [2.45, 2.75) is 13.8 Å². The Morgan fingerprint density at radius 1 is 0.900 bits per heavy atom. The molecule has 3 aromatic rings. The van der Waals surface area contributed by atoms with Gasteiger partial charge >= 0.3 is 0 Å². The van der Waals surface area contributed by atoms with Gasteiger partial charge in [-0.2, -0.15) is 5.90 Å². The van der Waals surface area contributed by atoms with E-state index in [1.54, 1.807) is 12.3 Å². The van der Waals surface area contributed by atoms with E-state index in [0.29, 0.717) is 5.75 Å². The quantitative estimate of drug-likeness (QED) is 0.708. The second-order valence-electron chi connectivity index (χ2n) is 4.02. The highest BCUT2D eigenvalue weighted by atomic mass is 16.6. The topological polar surface area (TPSA) is 48.1 Å². The highest BCUT2D eigenvalue weighted by Crippen LogP contribution is 2.28. The molecular formula is C17H18N2O. The molecule has 0 aliphatic heterocycles. The van der Waals surface area contributed by atoms with Gasteiger partial charge in [0.05, 0.1) is 5.52 Å². The highest BCUT2D eigenvalue weighted by Gasteiger charge is 2.04. The summed E-state index contributed by atoms with van der Waals surface area (Å²) in [7, 11) is 0. The molecule has 0 aliphatic rings. The molecule has 0 radical (unpaired) electrons. The number of hydrogen-bond donors (Lipinski definition) is 1. The van der Waals surface area contributed by atoms with Crippen molar-refractivity contribution < 1.29 is 4.84 Å². The minimum atomic E-state index is 0.637. The molecular weight excluding hydrogens is 248 g/mol. The predicted octanol–water partition coefficient (Wildman–Crippen LogP) is 4.18. The molecule has 1 heterocycles. The second-order valence-corrected chi connectivity index (χ2v) is 4.02. The zero-order chi connectivity index (χ0) is 14.4. The molecule has 0 spiro atoms. The lowest BCUT2D eigenvalue weighted by molar-refractivity contribution is 0.338. The minimum absolute atomic E-state index is 0.637. The van der Waals surface area contributed by atoms with Gasteiger partial charge in [-0.15, -0.1) is 0 Å². The summed E-state index contributed by atoms with van der Waals surface area (Å²) < 4.78 is 0. The van der Waals surface area contributed by atoms with E-state index >= 15 is 0 Å². The summed E-state index contributed by atoms with van der Waals surface area (Å²) in [6, 6.07) is 18.0. The third kappa shape index (κ3) is 2.78. The molecule has 0 unspecified atom stereocenters. The van der Waals surface area contributed by atoms with Crippen LogP contribution in [0.5, 0.6) is 5.75 Å². The first kappa shape index (κ1) is 14.0. The molecule has 2 aromatic carbocycles. The van der Waals surface area contributed by atoms with Crippen molar-refractivity contribution in [3.8, 4) is 16.9 Å². The average Bonchev–Trinajstić information content (AvgIpc) is 2.56. The number of nitrogens with zero attached hydrogens (tertiary/aromatic N) is 1. The van der Waals surface area contributed by atoms with Crippen LogP contribution in [0.4, 0.5) is 0 Å². The van der Waals surface area contributed by atoms with Crippen LogP contribution in [0.1, 0.15) is 13.8 Å². The normalized spacial score (nSPS) is 9.75. The van der Waals surface area contributed by atoms with E-state index < -0.39 is 0 Å². The number of benzene rings is 2. The van der Waals surface area contributed by atoms with Gasteiger partial charge in [0, 0.05) is 17.6 Å². The van der Waals surface area contributed by atoms with E-state index in [1.807, 2.05) is 50.2 Å². The van der Waals surface area contributed by atoms with E-state index in [2.05, 4.69) is 17.1 Å². The minimum Gasteiger partial charge on any atom is -0.411 e. The molecule has 1 aromatic heterocycles. The summed E-state index contributed by atoms with van der Waals surface area (Å²) in [4.78, 5) is 9.17. The third-order valence-corrected chi connectivity index (χ3v) is 2.94. The Morgan fingerprint density at radius 3 is 2.35 bits per heavy atom. The summed E-state index contributed by atoms with van der Waals surface area (Å²) in [5.74, 6) is 5.91. The van der Waals surface area contributed by atoms with Crippen LogP contribution in [0.2, 0.25) is 0 Å². The van der Waals surface area contributed by atoms with Crippen molar-refractivity contribution >= 4 is 10.9 Å². The van der Waals surface area contributed by atoms with Crippen LogP contribution in [0.25, 0.3) is 22.0 Å². The summed E-state index contributed by atoms with van der Waals surface area (Å²) in [6.07, 6.45) is 1.69. The monoisotopic (exact) mass is 266 g/mol. The molecule has 0 amide bonds. The molecule has 0 saturated carbocycles. The van der Waals surface area contributed by atoms with Crippen molar-refractivity contribution in [2.24, 2.45) is 5.90 Å². The summed E-state index contributed by atoms with van der Waals surface area (Å²) in [5.41, 5.74) is 3.15. The Labute approximate surface area is 119 Å². The van der Waals surface area contributed by atoms with Crippen LogP contribution in [0, 0.1) is 0 Å². The van der Waals surface area contributed by atoms with Crippen molar-refractivity contribution in [1.82, 2.24) is 4.98 Å². The maximum atomic E-state index is 5.28. The van der Waals surface area contributed by atoms with Gasteiger partial charge in [-0.1, -0.05) is 50.2 Å². The second kappa shape index (κ2) is 6.68. The number of rotatable bonds is 2. The molecule has 0 atom stereocenters. The zero-order valence-corrected chi connectivity index (χ0v) is 11.7. The lowest BCUT2D eigenvalue weighted by atomic mass is 10.0. The fourth-order valence-corrected chi connectivity index (χ4v) is 2.03. The van der Waals surface area contributed by atoms with Gasteiger partial charge in [-0.3, -0.25) is 4.98 Å². The lowest BCUT2D eigenvalue weighted by Gasteiger charge is -2.06. The molecule has 3 nitrogen and oxygen atoms in total. The molecule has 102 valence electrons. The van der Waals surface area contributed by atoms with Gasteiger partial charge in [0.2, 0.25) is 0 Å². The van der Waals surface area contributed by atoms with Gasteiger partial charge < -0.3 is 4.84 Å². The molecule has 20 heavy (non-hydrogen) atoms. The fraction of sp³-hybridized carbons (Fsp3) is 0.118. The van der Waals surface area contributed by atoms with Crippen LogP contribution in [0.3, 0.4) is 0 Å². The first-order chi connectivity index (χ1) is 9.88. The van der Waals surface area contributed by atoms with Crippen molar-refractivity contribution in [1.29, 1.82) is 0 Å². The van der Waals surface area contributed by atoms with E-state index in [9.17, 15) is 0 Å². The van der Waals surface area contributed by atoms with Gasteiger partial charge in [-0.25, -0.2) is 0 Å². The highest BCUT2D eigenvalue weighted by molar-refractivity contribution is 5.89. The summed E-state index contributed by atoms with van der Waals surface area (Å²) in [6.45, 7) is 4.00. The average molecular weight is 266 g/mol. The van der Waals surface area contributed by atoms with Crippen LogP contribution in [-0.4, -0.2) is 4.98 Å². The summed E-state index contributed by atoms with van der Waals surface area (Å²) in [5, 5.41) is 0.918. The van der Waals surface area contributed by atoms with E-state index in [1.165, 1.54) is 0 Å². The van der Waals surface area contributed by atoms with Crippen LogP contribution in [0.15, 0.2) is 60.8 Å². The maximum Gasteiger partial charge on any atom is 0.157 e. The number of pyridine rings is 1. The van der Waals surface area contributed by atoms with Crippen molar-refractivity contribution in [2.75, 3.05) is 0 Å². The Kier molecular flexibility index (Phi) is 4.69. The number of aromatic nitrogens is 1. The Balaban J connectivity index is 0.000000704. The number of fused-ring (bicyclic) bond motifs is 1. The fourth-order valence-electron chi connectivity index (χ4n) is 2.03. The predicted molar refractivity (Wildman–Crippen MR) is 83.3 cm³/mol. The third-order valence-electron chi connectivity index (χ3n) is 2.94. The zero-order valence-electron chi connectivity index (χ0n) is 11.7. The van der Waals surface area contributed by atoms with Crippen molar-refractivity contribution in [3.05, 3.63) is 60.8 Å². The van der Waals surface area contributed by atoms with Crippen LogP contribution in [-0.2, 0) is 0 Å². The number of hydrogen-bond acceptors (Lipinski definition) is 3. The standard InChI is InChI=1S/C15H12N2O.C2H6/c16-18-15-8-9-17-14-7-6-12(10-13(14)15)11-4-2-1-3-5-11;1-2/h1-10H,16H2;1-2H3. The molecule has 0 fully saturated rings. The van der Waals surface area contributed by atoms with Crippen LogP contribution >= 0.6 is 0 Å². The first-order valence-electron chi connectivity index (χ1n) is 6.69. The number of nitrogens with two attached hydrogens (primary N) is 1. The van der Waals surface area contributed by atoms with Gasteiger partial charge in [0.1, 0.15) is 0 Å². The molecule has 0 aliphatic carbocycles. The molecule has 0 bridgehead atoms. The smallest absolute Gasteiger partial charge is 0.157 e.